The quantitative estimate of drug-likeness (QED) is 0.348. The van der Waals surface area contributed by atoms with Crippen LogP contribution in [-0.2, 0) is 9.47 Å². The third-order valence-corrected chi connectivity index (χ3v) is 8.21. The lowest BCUT2D eigenvalue weighted by Crippen LogP contribution is -2.50. The zero-order chi connectivity index (χ0) is 22.1. The van der Waals surface area contributed by atoms with Crippen LogP contribution < -0.4 is 9.47 Å². The minimum Gasteiger partial charge on any atom is -0.497 e. The maximum absolute atomic E-state index is 12.2. The van der Waals surface area contributed by atoms with E-state index < -0.39 is 5.60 Å². The third-order valence-electron chi connectivity index (χ3n) is 8.21. The largest absolute Gasteiger partial charge is 0.497 e. The van der Waals surface area contributed by atoms with Gasteiger partial charge >= 0.3 is 0 Å². The molecule has 0 spiro atoms. The summed E-state index contributed by atoms with van der Waals surface area (Å²) in [4.78, 5) is 0. The van der Waals surface area contributed by atoms with Crippen LogP contribution in [0.3, 0.4) is 0 Å². The number of hydrogen-bond donors (Lipinski definition) is 1. The van der Waals surface area contributed by atoms with E-state index >= 15 is 0 Å². The SMILES string of the molecule is COCO[C@H]1C=C([C@]2(O)C[C@H]3CC[C@@]2(/C=C/Oc2ccc(OC)cc2)C3(C)C)CCC1. The standard InChI is InChI=1S/C26H36O5/c1-24(2)20-12-13-25(24,14-15-30-22-10-8-21(29-4)9-11-22)26(27,17-20)19-6-5-7-23(16-19)31-18-28-3/h8-11,14-16,20,23,27H,5-7,12-13,17-18H2,1-4H3/b15-14+/t20-,23-,25-,26-/m1/s1. The molecule has 1 aromatic rings. The molecular weight excluding hydrogens is 392 g/mol. The van der Waals surface area contributed by atoms with E-state index in [1.54, 1.807) is 20.5 Å². The van der Waals surface area contributed by atoms with Crippen LogP contribution in [-0.4, -0.2) is 37.8 Å². The van der Waals surface area contributed by atoms with Gasteiger partial charge in [-0.3, -0.25) is 0 Å². The molecule has 4 rings (SSSR count). The van der Waals surface area contributed by atoms with Crippen molar-refractivity contribution < 1.29 is 24.1 Å². The Morgan fingerprint density at radius 2 is 1.84 bits per heavy atom. The van der Waals surface area contributed by atoms with Crippen molar-refractivity contribution in [2.75, 3.05) is 21.0 Å². The summed E-state index contributed by atoms with van der Waals surface area (Å²) in [5.41, 5.74) is -0.104. The normalized spacial score (nSPS) is 34.2. The zero-order valence-electron chi connectivity index (χ0n) is 19.2. The summed E-state index contributed by atoms with van der Waals surface area (Å²) in [6.45, 7) is 4.90. The van der Waals surface area contributed by atoms with Crippen molar-refractivity contribution in [2.24, 2.45) is 16.7 Å². The predicted molar refractivity (Wildman–Crippen MR) is 120 cm³/mol. The molecule has 1 N–H and O–H groups in total. The first-order valence-corrected chi connectivity index (χ1v) is 11.4. The fourth-order valence-electron chi connectivity index (χ4n) is 6.34. The average molecular weight is 429 g/mol. The lowest BCUT2D eigenvalue weighted by Gasteiger charge is -2.48. The first kappa shape index (κ1) is 22.4. The second kappa shape index (κ2) is 8.61. The minimum atomic E-state index is -0.867. The number of fused-ring (bicyclic) bond motifs is 2. The van der Waals surface area contributed by atoms with E-state index in [4.69, 9.17) is 18.9 Å². The highest BCUT2D eigenvalue weighted by Crippen LogP contribution is 2.72. The van der Waals surface area contributed by atoms with Crippen molar-refractivity contribution in [2.45, 2.75) is 64.1 Å². The number of ether oxygens (including phenoxy) is 4. The van der Waals surface area contributed by atoms with Crippen LogP contribution in [0.2, 0.25) is 0 Å². The molecule has 2 bridgehead atoms. The van der Waals surface area contributed by atoms with Gasteiger partial charge in [0.1, 0.15) is 18.3 Å². The van der Waals surface area contributed by atoms with E-state index in [1.165, 1.54) is 0 Å². The molecule has 0 radical (unpaired) electrons. The van der Waals surface area contributed by atoms with E-state index in [1.807, 2.05) is 24.3 Å². The van der Waals surface area contributed by atoms with Crippen LogP contribution in [0, 0.1) is 16.7 Å². The molecule has 2 saturated carbocycles. The molecule has 0 unspecified atom stereocenters. The molecule has 3 aliphatic rings. The lowest BCUT2D eigenvalue weighted by molar-refractivity contribution is -0.0684. The van der Waals surface area contributed by atoms with E-state index in [9.17, 15) is 5.11 Å². The van der Waals surface area contributed by atoms with Crippen molar-refractivity contribution in [3.05, 3.63) is 48.3 Å². The van der Waals surface area contributed by atoms with Gasteiger partial charge in [-0.15, -0.1) is 0 Å². The van der Waals surface area contributed by atoms with Crippen LogP contribution in [0.1, 0.15) is 52.4 Å². The van der Waals surface area contributed by atoms with Gasteiger partial charge < -0.3 is 24.1 Å². The monoisotopic (exact) mass is 428 g/mol. The molecule has 5 heteroatoms. The number of rotatable bonds is 8. The topological polar surface area (TPSA) is 57.2 Å². The van der Waals surface area contributed by atoms with Crippen molar-refractivity contribution in [3.8, 4) is 11.5 Å². The molecular formula is C26H36O5. The van der Waals surface area contributed by atoms with Crippen molar-refractivity contribution in [3.63, 3.8) is 0 Å². The highest BCUT2D eigenvalue weighted by molar-refractivity contribution is 5.38. The highest BCUT2D eigenvalue weighted by atomic mass is 16.7. The number of benzene rings is 1. The highest BCUT2D eigenvalue weighted by Gasteiger charge is 2.70. The van der Waals surface area contributed by atoms with Gasteiger partial charge in [0, 0.05) is 12.5 Å². The Bertz CT molecular complexity index is 827. The predicted octanol–water partition coefficient (Wildman–Crippen LogP) is 5.24. The summed E-state index contributed by atoms with van der Waals surface area (Å²) >= 11 is 0. The molecule has 0 aromatic heterocycles. The molecule has 0 heterocycles. The Morgan fingerprint density at radius 3 is 2.52 bits per heavy atom. The molecule has 1 aromatic carbocycles. The molecule has 3 aliphatic carbocycles. The average Bonchev–Trinajstić information content (AvgIpc) is 3.12. The van der Waals surface area contributed by atoms with Gasteiger partial charge in [-0.25, -0.2) is 0 Å². The Hall–Kier alpha value is -1.82. The number of methoxy groups -OCH3 is 2. The Balaban J connectivity index is 1.61. The fourth-order valence-corrected chi connectivity index (χ4v) is 6.34. The van der Waals surface area contributed by atoms with Gasteiger partial charge in [0.05, 0.1) is 25.1 Å². The van der Waals surface area contributed by atoms with Crippen molar-refractivity contribution in [1.82, 2.24) is 0 Å². The smallest absolute Gasteiger partial charge is 0.147 e. The molecule has 31 heavy (non-hydrogen) atoms. The second-order valence-corrected chi connectivity index (χ2v) is 9.78. The molecule has 2 fully saturated rings. The van der Waals surface area contributed by atoms with E-state index in [2.05, 4.69) is 26.0 Å². The first-order chi connectivity index (χ1) is 14.9. The van der Waals surface area contributed by atoms with Crippen LogP contribution in [0.4, 0.5) is 0 Å². The summed E-state index contributed by atoms with van der Waals surface area (Å²) in [6.07, 6.45) is 11.9. The third kappa shape index (κ3) is 3.71. The van der Waals surface area contributed by atoms with E-state index in [0.717, 1.165) is 55.6 Å². The molecule has 170 valence electrons. The maximum atomic E-state index is 12.2. The van der Waals surface area contributed by atoms with Crippen LogP contribution in [0.25, 0.3) is 0 Å². The summed E-state index contributed by atoms with van der Waals surface area (Å²) in [5.74, 6) is 2.05. The van der Waals surface area contributed by atoms with Gasteiger partial charge in [0.15, 0.2) is 0 Å². The van der Waals surface area contributed by atoms with Gasteiger partial charge in [-0.05, 0) is 85.8 Å². The van der Waals surface area contributed by atoms with Gasteiger partial charge in [-0.2, -0.15) is 0 Å². The van der Waals surface area contributed by atoms with Gasteiger partial charge in [-0.1, -0.05) is 19.9 Å². The first-order valence-electron chi connectivity index (χ1n) is 11.4. The molecule has 0 amide bonds. The summed E-state index contributed by atoms with van der Waals surface area (Å²) < 4.78 is 22.1. The number of aliphatic hydroxyl groups is 1. The molecule has 5 nitrogen and oxygen atoms in total. The van der Waals surface area contributed by atoms with Crippen molar-refractivity contribution in [1.29, 1.82) is 0 Å². The van der Waals surface area contributed by atoms with E-state index in [0.29, 0.717) is 5.92 Å². The molecule has 0 aliphatic heterocycles. The van der Waals surface area contributed by atoms with Crippen LogP contribution in [0.15, 0.2) is 48.3 Å². The maximum Gasteiger partial charge on any atom is 0.147 e. The molecule has 4 atom stereocenters. The van der Waals surface area contributed by atoms with Gasteiger partial charge in [0.25, 0.3) is 0 Å². The Labute approximate surface area is 186 Å². The fraction of sp³-hybridized carbons (Fsp3) is 0.615. The summed E-state index contributed by atoms with van der Waals surface area (Å²) in [7, 11) is 3.29. The lowest BCUT2D eigenvalue weighted by atomic mass is 9.59. The summed E-state index contributed by atoms with van der Waals surface area (Å²) in [5, 5.41) is 12.2. The minimum absolute atomic E-state index is 0.00606. The van der Waals surface area contributed by atoms with Crippen molar-refractivity contribution >= 4 is 0 Å². The van der Waals surface area contributed by atoms with Crippen LogP contribution in [0.5, 0.6) is 11.5 Å². The Morgan fingerprint density at radius 1 is 1.10 bits per heavy atom. The Kier molecular flexibility index (Phi) is 6.21. The zero-order valence-corrected chi connectivity index (χ0v) is 19.2. The second-order valence-electron chi connectivity index (χ2n) is 9.78. The van der Waals surface area contributed by atoms with E-state index in [-0.39, 0.29) is 23.7 Å². The summed E-state index contributed by atoms with van der Waals surface area (Å²) in [6, 6.07) is 7.56. The number of hydrogen-bond acceptors (Lipinski definition) is 5. The van der Waals surface area contributed by atoms with Gasteiger partial charge in [0.2, 0.25) is 0 Å². The van der Waals surface area contributed by atoms with Crippen LogP contribution >= 0.6 is 0 Å². The molecule has 0 saturated heterocycles.